The molecule has 0 unspecified atom stereocenters. The molecule has 0 heterocycles. The van der Waals surface area contributed by atoms with E-state index in [1.807, 2.05) is 0 Å². The van der Waals surface area contributed by atoms with Gasteiger partial charge in [0, 0.05) is 13.2 Å². The average molecular weight is 277 g/mol. The molecule has 0 aliphatic heterocycles. The van der Waals surface area contributed by atoms with Crippen LogP contribution in [0.15, 0.2) is 0 Å². The van der Waals surface area contributed by atoms with E-state index < -0.39 is 16.6 Å². The molecule has 0 saturated heterocycles. The minimum absolute atomic E-state index is 0.891. The smallest absolute Gasteiger partial charge is 0.189 e. The fourth-order valence-corrected chi connectivity index (χ4v) is 4.70. The largest absolute Gasteiger partial charge is 0.417 e. The quantitative estimate of drug-likeness (QED) is 0.427. The normalized spacial score (nSPS) is 13.1. The molecule has 0 rings (SSSR count). The summed E-state index contributed by atoms with van der Waals surface area (Å²) >= 11 is 0. The monoisotopic (exact) mass is 276 g/mol. The highest BCUT2D eigenvalue weighted by atomic mass is 28.4. The predicted molar refractivity (Wildman–Crippen MR) is 81.7 cm³/mol. The van der Waals surface area contributed by atoms with Crippen LogP contribution in [-0.4, -0.2) is 29.8 Å². The SMILES string of the molecule is CC[Si](C)(CC)OCCCO[Si](C)(CC)CC. The Labute approximate surface area is 110 Å². The predicted octanol–water partition coefficient (Wildman–Crippen LogP) is 4.64. The third kappa shape index (κ3) is 6.74. The van der Waals surface area contributed by atoms with E-state index in [9.17, 15) is 0 Å². The molecule has 0 atom stereocenters. The molecule has 0 aromatic heterocycles. The Morgan fingerprint density at radius 2 is 0.941 bits per heavy atom. The van der Waals surface area contributed by atoms with Gasteiger partial charge in [-0.1, -0.05) is 27.7 Å². The van der Waals surface area contributed by atoms with Crippen LogP contribution in [0.4, 0.5) is 0 Å². The Morgan fingerprint density at radius 3 is 1.18 bits per heavy atom. The Bertz CT molecular complexity index is 170. The minimum Gasteiger partial charge on any atom is -0.417 e. The second kappa shape index (κ2) is 8.45. The maximum absolute atomic E-state index is 6.08. The first-order valence-electron chi connectivity index (χ1n) is 7.23. The molecule has 0 fully saturated rings. The number of hydrogen-bond acceptors (Lipinski definition) is 2. The van der Waals surface area contributed by atoms with Crippen molar-refractivity contribution in [3.05, 3.63) is 0 Å². The summed E-state index contributed by atoms with van der Waals surface area (Å²) in [6, 6.07) is 4.89. The van der Waals surface area contributed by atoms with Crippen molar-refractivity contribution in [2.24, 2.45) is 0 Å². The van der Waals surface area contributed by atoms with Crippen molar-refractivity contribution in [3.63, 3.8) is 0 Å². The molecule has 0 spiro atoms. The van der Waals surface area contributed by atoms with E-state index in [0.29, 0.717) is 0 Å². The van der Waals surface area contributed by atoms with Crippen LogP contribution < -0.4 is 0 Å². The molecular formula is C13H32O2Si2. The Morgan fingerprint density at radius 1 is 0.647 bits per heavy atom. The lowest BCUT2D eigenvalue weighted by molar-refractivity contribution is 0.234. The lowest BCUT2D eigenvalue weighted by atomic mass is 10.5. The molecule has 0 radical (unpaired) electrons. The highest BCUT2D eigenvalue weighted by Gasteiger charge is 2.25. The summed E-state index contributed by atoms with van der Waals surface area (Å²) in [5.41, 5.74) is 0. The van der Waals surface area contributed by atoms with Gasteiger partial charge < -0.3 is 8.85 Å². The van der Waals surface area contributed by atoms with Crippen molar-refractivity contribution in [3.8, 4) is 0 Å². The van der Waals surface area contributed by atoms with Gasteiger partial charge in [0.25, 0.3) is 0 Å². The molecule has 0 bridgehead atoms. The zero-order valence-corrected chi connectivity index (χ0v) is 14.8. The van der Waals surface area contributed by atoms with Gasteiger partial charge in [-0.3, -0.25) is 0 Å². The van der Waals surface area contributed by atoms with E-state index in [1.54, 1.807) is 0 Å². The first-order valence-corrected chi connectivity index (χ1v) is 12.9. The molecule has 0 aromatic carbocycles. The highest BCUT2D eigenvalue weighted by Crippen LogP contribution is 2.18. The van der Waals surface area contributed by atoms with E-state index in [1.165, 1.54) is 24.2 Å². The van der Waals surface area contributed by atoms with Gasteiger partial charge in [-0.25, -0.2) is 0 Å². The van der Waals surface area contributed by atoms with Crippen molar-refractivity contribution in [2.75, 3.05) is 13.2 Å². The molecular weight excluding hydrogens is 244 g/mol. The van der Waals surface area contributed by atoms with Crippen molar-refractivity contribution >= 4 is 16.6 Å². The third-order valence-corrected chi connectivity index (χ3v) is 12.0. The Kier molecular flexibility index (Phi) is 8.63. The van der Waals surface area contributed by atoms with Crippen LogP contribution in [0.2, 0.25) is 37.3 Å². The standard InChI is InChI=1S/C13H32O2Si2/c1-7-16(5,8-2)14-12-11-13-15-17(6,9-3)10-4/h7-13H2,1-6H3. The molecule has 0 aliphatic rings. The lowest BCUT2D eigenvalue weighted by Gasteiger charge is -2.26. The van der Waals surface area contributed by atoms with Crippen LogP contribution >= 0.6 is 0 Å². The number of hydrogen-bond donors (Lipinski definition) is 0. The third-order valence-electron chi connectivity index (χ3n) is 4.18. The van der Waals surface area contributed by atoms with Gasteiger partial charge in [0.2, 0.25) is 0 Å². The summed E-state index contributed by atoms with van der Waals surface area (Å²) in [5.74, 6) is 0. The summed E-state index contributed by atoms with van der Waals surface area (Å²) in [6.07, 6.45) is 1.06. The summed E-state index contributed by atoms with van der Waals surface area (Å²) in [7, 11) is -2.71. The summed E-state index contributed by atoms with van der Waals surface area (Å²) in [6.45, 7) is 15.5. The fraction of sp³-hybridized carbons (Fsp3) is 1.00. The van der Waals surface area contributed by atoms with Gasteiger partial charge in [-0.05, 0) is 43.7 Å². The topological polar surface area (TPSA) is 18.5 Å². The van der Waals surface area contributed by atoms with E-state index in [-0.39, 0.29) is 0 Å². The Balaban J connectivity index is 3.72. The van der Waals surface area contributed by atoms with Gasteiger partial charge in [-0.15, -0.1) is 0 Å². The summed E-state index contributed by atoms with van der Waals surface area (Å²) in [5, 5.41) is 0. The molecule has 0 N–H and O–H groups in total. The van der Waals surface area contributed by atoms with Crippen LogP contribution in [-0.2, 0) is 8.85 Å². The van der Waals surface area contributed by atoms with E-state index >= 15 is 0 Å². The van der Waals surface area contributed by atoms with Crippen LogP contribution in [0.5, 0.6) is 0 Å². The highest BCUT2D eigenvalue weighted by molar-refractivity contribution is 6.72. The van der Waals surface area contributed by atoms with E-state index in [2.05, 4.69) is 40.8 Å². The van der Waals surface area contributed by atoms with Crippen LogP contribution in [0.25, 0.3) is 0 Å². The van der Waals surface area contributed by atoms with Crippen LogP contribution in [0.1, 0.15) is 34.1 Å². The first-order chi connectivity index (χ1) is 7.95. The van der Waals surface area contributed by atoms with Crippen molar-refractivity contribution < 1.29 is 8.85 Å². The maximum Gasteiger partial charge on any atom is 0.189 e. The molecule has 0 saturated carbocycles. The first kappa shape index (κ1) is 17.4. The van der Waals surface area contributed by atoms with Gasteiger partial charge in [-0.2, -0.15) is 0 Å². The van der Waals surface area contributed by atoms with Crippen molar-refractivity contribution in [2.45, 2.75) is 71.4 Å². The van der Waals surface area contributed by atoms with Gasteiger partial charge in [0.15, 0.2) is 16.6 Å². The molecule has 0 aromatic rings. The van der Waals surface area contributed by atoms with Gasteiger partial charge in [0.05, 0.1) is 0 Å². The van der Waals surface area contributed by atoms with Crippen molar-refractivity contribution in [1.82, 2.24) is 0 Å². The van der Waals surface area contributed by atoms with Gasteiger partial charge in [0.1, 0.15) is 0 Å². The second-order valence-corrected chi connectivity index (χ2v) is 14.6. The zero-order valence-electron chi connectivity index (χ0n) is 12.8. The molecule has 104 valence electrons. The lowest BCUT2D eigenvalue weighted by Crippen LogP contribution is -2.35. The summed E-state index contributed by atoms with van der Waals surface area (Å²) in [4.78, 5) is 0. The summed E-state index contributed by atoms with van der Waals surface area (Å²) < 4.78 is 12.2. The molecule has 0 aliphatic carbocycles. The van der Waals surface area contributed by atoms with Crippen LogP contribution in [0.3, 0.4) is 0 Å². The van der Waals surface area contributed by atoms with Gasteiger partial charge >= 0.3 is 0 Å². The Hall–Kier alpha value is 0.354. The molecule has 4 heteroatoms. The van der Waals surface area contributed by atoms with E-state index in [4.69, 9.17) is 8.85 Å². The molecule has 2 nitrogen and oxygen atoms in total. The fourth-order valence-electron chi connectivity index (χ4n) is 1.60. The number of rotatable bonds is 10. The van der Waals surface area contributed by atoms with Crippen LogP contribution in [0, 0.1) is 0 Å². The molecule has 17 heavy (non-hydrogen) atoms. The van der Waals surface area contributed by atoms with E-state index in [0.717, 1.165) is 19.6 Å². The second-order valence-electron chi connectivity index (χ2n) is 5.36. The average Bonchev–Trinajstić information content (AvgIpc) is 2.37. The maximum atomic E-state index is 6.08. The van der Waals surface area contributed by atoms with Crippen molar-refractivity contribution in [1.29, 1.82) is 0 Å². The molecule has 0 amide bonds. The zero-order chi connectivity index (χ0) is 13.4. The minimum atomic E-state index is -1.35.